The van der Waals surface area contributed by atoms with Gasteiger partial charge < -0.3 is 20.1 Å². The Morgan fingerprint density at radius 3 is 2.17 bits per heavy atom. The van der Waals surface area contributed by atoms with Gasteiger partial charge in [0.25, 0.3) is 0 Å². The molecule has 0 saturated heterocycles. The van der Waals surface area contributed by atoms with Crippen molar-refractivity contribution in [2.75, 3.05) is 30.9 Å². The highest BCUT2D eigenvalue weighted by Gasteiger charge is 2.03. The van der Waals surface area contributed by atoms with Gasteiger partial charge in [0.05, 0.1) is 7.11 Å². The molecule has 0 atom stereocenters. The summed E-state index contributed by atoms with van der Waals surface area (Å²) in [7, 11) is 1.64. The van der Waals surface area contributed by atoms with Crippen LogP contribution in [0.5, 0.6) is 11.5 Å². The number of hydrogen-bond donors (Lipinski definition) is 2. The zero-order valence-electron chi connectivity index (χ0n) is 16.6. The first kappa shape index (κ1) is 20.3. The Bertz CT molecular complexity index is 878. The highest BCUT2D eigenvalue weighted by molar-refractivity contribution is 5.91. The van der Waals surface area contributed by atoms with Crippen molar-refractivity contribution < 1.29 is 14.3 Å². The van der Waals surface area contributed by atoms with E-state index in [0.29, 0.717) is 19.6 Å². The van der Waals surface area contributed by atoms with Crippen LogP contribution < -0.4 is 20.1 Å². The maximum atomic E-state index is 12.1. The van der Waals surface area contributed by atoms with Crippen LogP contribution in [-0.2, 0) is 11.2 Å². The molecular weight excluding hydrogens is 364 g/mol. The lowest BCUT2D eigenvalue weighted by molar-refractivity contribution is -0.116. The number of carbonyl (C=O) groups excluding carboxylic acids is 1. The van der Waals surface area contributed by atoms with E-state index in [2.05, 4.69) is 10.6 Å². The van der Waals surface area contributed by atoms with Gasteiger partial charge in [-0.2, -0.15) is 0 Å². The number of aryl methyl sites for hydroxylation is 1. The highest BCUT2D eigenvalue weighted by Crippen LogP contribution is 2.17. The average Bonchev–Trinajstić information content (AvgIpc) is 2.77. The van der Waals surface area contributed by atoms with Crippen LogP contribution in [0.1, 0.15) is 12.0 Å². The Hall–Kier alpha value is -3.47. The third-order valence-corrected chi connectivity index (χ3v) is 4.41. The lowest BCUT2D eigenvalue weighted by Gasteiger charge is -2.10. The summed E-state index contributed by atoms with van der Waals surface area (Å²) < 4.78 is 10.8. The van der Waals surface area contributed by atoms with Crippen molar-refractivity contribution in [1.82, 2.24) is 0 Å². The molecule has 2 N–H and O–H groups in total. The van der Waals surface area contributed by atoms with E-state index in [1.54, 1.807) is 7.11 Å². The molecule has 0 spiro atoms. The predicted octanol–water partition coefficient (Wildman–Crippen LogP) is 4.76. The van der Waals surface area contributed by atoms with Crippen LogP contribution >= 0.6 is 0 Å². The minimum absolute atomic E-state index is 0.0162. The summed E-state index contributed by atoms with van der Waals surface area (Å²) in [6.07, 6.45) is 1.20. The summed E-state index contributed by atoms with van der Waals surface area (Å²) >= 11 is 0. The molecule has 0 fully saturated rings. The quantitative estimate of drug-likeness (QED) is 0.490. The van der Waals surface area contributed by atoms with Crippen LogP contribution in [0.4, 0.5) is 11.4 Å². The molecule has 0 saturated carbocycles. The minimum Gasteiger partial charge on any atom is -0.497 e. The Balaban J connectivity index is 1.36. The molecule has 3 rings (SSSR count). The zero-order valence-corrected chi connectivity index (χ0v) is 16.6. The van der Waals surface area contributed by atoms with Crippen molar-refractivity contribution in [3.05, 3.63) is 84.4 Å². The number of benzene rings is 3. The molecule has 150 valence electrons. The summed E-state index contributed by atoms with van der Waals surface area (Å²) in [4.78, 5) is 12.1. The summed E-state index contributed by atoms with van der Waals surface area (Å²) in [6, 6.07) is 25.2. The summed E-state index contributed by atoms with van der Waals surface area (Å²) in [5, 5.41) is 6.24. The van der Waals surface area contributed by atoms with Crippen molar-refractivity contribution in [2.45, 2.75) is 12.8 Å². The fourth-order valence-corrected chi connectivity index (χ4v) is 2.83. The van der Waals surface area contributed by atoms with Crippen molar-refractivity contribution in [2.24, 2.45) is 0 Å². The van der Waals surface area contributed by atoms with Gasteiger partial charge in [-0.05, 0) is 60.5 Å². The first-order valence-electron chi connectivity index (χ1n) is 9.67. The topological polar surface area (TPSA) is 59.6 Å². The molecular formula is C24H26N2O3. The molecule has 0 aliphatic heterocycles. The van der Waals surface area contributed by atoms with Crippen LogP contribution in [0.3, 0.4) is 0 Å². The Kier molecular flexibility index (Phi) is 7.52. The highest BCUT2D eigenvalue weighted by atomic mass is 16.5. The average molecular weight is 390 g/mol. The predicted molar refractivity (Wildman–Crippen MR) is 117 cm³/mol. The summed E-state index contributed by atoms with van der Waals surface area (Å²) in [5.41, 5.74) is 2.94. The molecule has 3 aromatic carbocycles. The summed E-state index contributed by atoms with van der Waals surface area (Å²) in [6.45, 7) is 1.22. The van der Waals surface area contributed by atoms with Gasteiger partial charge in [-0.1, -0.05) is 30.3 Å². The molecule has 1 amide bonds. The first-order valence-corrected chi connectivity index (χ1v) is 9.67. The molecule has 5 nitrogen and oxygen atoms in total. The van der Waals surface area contributed by atoms with E-state index in [1.807, 2.05) is 78.9 Å². The van der Waals surface area contributed by atoms with E-state index in [4.69, 9.17) is 9.47 Å². The van der Waals surface area contributed by atoms with Gasteiger partial charge in [0.15, 0.2) is 0 Å². The van der Waals surface area contributed by atoms with E-state index in [1.165, 1.54) is 5.56 Å². The smallest absolute Gasteiger partial charge is 0.224 e. The van der Waals surface area contributed by atoms with Gasteiger partial charge in [0, 0.05) is 24.3 Å². The van der Waals surface area contributed by atoms with Crippen molar-refractivity contribution >= 4 is 17.3 Å². The zero-order chi connectivity index (χ0) is 20.3. The number of hydrogen-bond acceptors (Lipinski definition) is 4. The third kappa shape index (κ3) is 6.88. The second-order valence-electron chi connectivity index (χ2n) is 6.56. The number of anilines is 2. The maximum absolute atomic E-state index is 12.1. The molecule has 3 aromatic rings. The minimum atomic E-state index is 0.0162. The fraction of sp³-hybridized carbons (Fsp3) is 0.208. The van der Waals surface area contributed by atoms with Crippen molar-refractivity contribution in [1.29, 1.82) is 0 Å². The van der Waals surface area contributed by atoms with Crippen LogP contribution in [-0.4, -0.2) is 26.2 Å². The number of rotatable bonds is 10. The van der Waals surface area contributed by atoms with Gasteiger partial charge in [-0.3, -0.25) is 4.79 Å². The molecule has 0 heterocycles. The number of carbonyl (C=O) groups is 1. The Morgan fingerprint density at radius 2 is 1.48 bits per heavy atom. The van der Waals surface area contributed by atoms with Crippen LogP contribution in [0.15, 0.2) is 78.9 Å². The number of ether oxygens (including phenoxy) is 2. The third-order valence-electron chi connectivity index (χ3n) is 4.41. The molecule has 29 heavy (non-hydrogen) atoms. The molecule has 5 heteroatoms. The van der Waals surface area contributed by atoms with Crippen molar-refractivity contribution in [3.63, 3.8) is 0 Å². The standard InChI is InChI=1S/C24H26N2O3/c1-28-22-12-14-23(15-13-22)29-18-17-25-20-8-10-21(11-9-20)26-24(27)16-7-19-5-3-2-4-6-19/h2-6,8-15,25H,7,16-18H2,1H3,(H,26,27). The normalized spacial score (nSPS) is 10.2. The largest absolute Gasteiger partial charge is 0.497 e. The molecule has 0 unspecified atom stereocenters. The van der Waals surface area contributed by atoms with E-state index >= 15 is 0 Å². The van der Waals surface area contributed by atoms with E-state index in [0.717, 1.165) is 29.3 Å². The Morgan fingerprint density at radius 1 is 0.828 bits per heavy atom. The van der Waals surface area contributed by atoms with Crippen LogP contribution in [0.2, 0.25) is 0 Å². The molecule has 0 aliphatic rings. The van der Waals surface area contributed by atoms with E-state index in [-0.39, 0.29) is 5.91 Å². The van der Waals surface area contributed by atoms with Crippen LogP contribution in [0.25, 0.3) is 0 Å². The van der Waals surface area contributed by atoms with Gasteiger partial charge in [0.1, 0.15) is 18.1 Å². The second kappa shape index (κ2) is 10.8. The van der Waals surface area contributed by atoms with E-state index < -0.39 is 0 Å². The van der Waals surface area contributed by atoms with Gasteiger partial charge >= 0.3 is 0 Å². The fourth-order valence-electron chi connectivity index (χ4n) is 2.83. The SMILES string of the molecule is COc1ccc(OCCNc2ccc(NC(=O)CCc3ccccc3)cc2)cc1. The van der Waals surface area contributed by atoms with Gasteiger partial charge in [-0.15, -0.1) is 0 Å². The van der Waals surface area contributed by atoms with Gasteiger partial charge in [-0.25, -0.2) is 0 Å². The molecule has 0 aliphatic carbocycles. The van der Waals surface area contributed by atoms with Gasteiger partial charge in [0.2, 0.25) is 5.91 Å². The molecule has 0 aromatic heterocycles. The number of amides is 1. The number of nitrogens with one attached hydrogen (secondary N) is 2. The van der Waals surface area contributed by atoms with Crippen LogP contribution in [0, 0.1) is 0 Å². The summed E-state index contributed by atoms with van der Waals surface area (Å²) in [5.74, 6) is 1.63. The number of methoxy groups -OCH3 is 1. The lowest BCUT2D eigenvalue weighted by Crippen LogP contribution is -2.13. The molecule has 0 radical (unpaired) electrons. The monoisotopic (exact) mass is 390 g/mol. The maximum Gasteiger partial charge on any atom is 0.224 e. The first-order chi connectivity index (χ1) is 14.2. The second-order valence-corrected chi connectivity index (χ2v) is 6.56. The van der Waals surface area contributed by atoms with E-state index in [9.17, 15) is 4.79 Å². The van der Waals surface area contributed by atoms with Crippen molar-refractivity contribution in [3.8, 4) is 11.5 Å². The Labute approximate surface area is 171 Å². The lowest BCUT2D eigenvalue weighted by atomic mass is 10.1. The molecule has 0 bridgehead atoms.